The molecule has 2 saturated carbocycles. The highest BCUT2D eigenvalue weighted by atomic mass is 32.2. The van der Waals surface area contributed by atoms with Crippen LogP contribution in [0.25, 0.3) is 0 Å². The molecule has 0 aromatic heterocycles. The molecule has 1 aliphatic heterocycles. The maximum atomic E-state index is 12.9. The van der Waals surface area contributed by atoms with E-state index in [1.54, 1.807) is 14.2 Å². The molecular weight excluding hydrogens is 566 g/mol. The van der Waals surface area contributed by atoms with Crippen LogP contribution in [0.15, 0.2) is 42.5 Å². The van der Waals surface area contributed by atoms with Crippen LogP contribution < -0.4 is 9.47 Å². The van der Waals surface area contributed by atoms with E-state index >= 15 is 0 Å². The van der Waals surface area contributed by atoms with Crippen LogP contribution in [0.1, 0.15) is 73.9 Å². The fourth-order valence-corrected chi connectivity index (χ4v) is 9.43. The van der Waals surface area contributed by atoms with E-state index in [4.69, 9.17) is 14.0 Å². The topological polar surface area (TPSA) is 110 Å². The number of nitrogens with zero attached hydrogens (tertiary/aromatic N) is 1. The summed E-state index contributed by atoms with van der Waals surface area (Å²) in [4.78, 5) is 27.3. The van der Waals surface area contributed by atoms with E-state index in [0.29, 0.717) is 30.3 Å². The van der Waals surface area contributed by atoms with Crippen LogP contribution in [0.4, 0.5) is 0 Å². The number of Topliss-reactive ketones (excluding diaryl/α,β-unsaturated/α-hetero) is 2. The third-order valence-corrected chi connectivity index (χ3v) is 11.7. The van der Waals surface area contributed by atoms with Gasteiger partial charge in [0.15, 0.2) is 17.3 Å². The van der Waals surface area contributed by atoms with Crippen LogP contribution in [0.3, 0.4) is 0 Å². The molecule has 9 heteroatoms. The molecule has 43 heavy (non-hydrogen) atoms. The summed E-state index contributed by atoms with van der Waals surface area (Å²) in [7, 11) is -0.820. The lowest BCUT2D eigenvalue weighted by Gasteiger charge is -2.35. The van der Waals surface area contributed by atoms with Gasteiger partial charge >= 0.3 is 0 Å². The maximum Gasteiger partial charge on any atom is 0.265 e. The number of piperidine rings is 1. The highest BCUT2D eigenvalue weighted by Gasteiger charge is 2.65. The predicted octanol–water partition coefficient (Wildman–Crippen LogP) is 5.63. The van der Waals surface area contributed by atoms with Gasteiger partial charge in [0.1, 0.15) is 5.78 Å². The molecule has 4 aliphatic rings. The largest absolute Gasteiger partial charge is 0.493 e. The molecule has 0 radical (unpaired) electrons. The summed E-state index contributed by atoms with van der Waals surface area (Å²) in [6.07, 6.45) is 6.16. The third kappa shape index (κ3) is 6.40. The smallest absolute Gasteiger partial charge is 0.265 e. The lowest BCUT2D eigenvalue weighted by Crippen LogP contribution is -2.42. The van der Waals surface area contributed by atoms with Crippen molar-refractivity contribution in [1.29, 1.82) is 0 Å². The van der Waals surface area contributed by atoms with E-state index in [1.807, 2.05) is 26.0 Å². The maximum absolute atomic E-state index is 12.9. The Morgan fingerprint density at radius 2 is 1.60 bits per heavy atom. The van der Waals surface area contributed by atoms with Gasteiger partial charge in [-0.05, 0) is 92.1 Å². The van der Waals surface area contributed by atoms with Gasteiger partial charge in [0.25, 0.3) is 10.1 Å². The predicted molar refractivity (Wildman–Crippen MR) is 165 cm³/mol. The molecule has 2 aromatic carbocycles. The Morgan fingerprint density at radius 1 is 0.953 bits per heavy atom. The van der Waals surface area contributed by atoms with E-state index in [0.717, 1.165) is 50.0 Å². The normalized spacial score (nSPS) is 26.6. The van der Waals surface area contributed by atoms with Crippen molar-refractivity contribution in [1.82, 2.24) is 4.90 Å². The average Bonchev–Trinajstić information content (AvgIpc) is 3.47. The van der Waals surface area contributed by atoms with Gasteiger partial charge in [-0.2, -0.15) is 8.42 Å². The van der Waals surface area contributed by atoms with Crippen molar-refractivity contribution in [2.45, 2.75) is 65.3 Å². The van der Waals surface area contributed by atoms with Crippen molar-refractivity contribution in [3.8, 4) is 11.5 Å². The second kappa shape index (κ2) is 12.3. The number of likely N-dealkylation sites (tertiary alicyclic amines) is 1. The number of rotatable bonds is 8. The van der Waals surface area contributed by atoms with Crippen LogP contribution in [0, 0.1) is 28.6 Å². The molecule has 1 N–H and O–H groups in total. The molecule has 2 bridgehead atoms. The van der Waals surface area contributed by atoms with E-state index in [-0.39, 0.29) is 28.8 Å². The Balaban J connectivity index is 0.000000207. The third-order valence-electron chi connectivity index (χ3n) is 10.9. The number of ether oxygens (including phenoxy) is 2. The van der Waals surface area contributed by atoms with Crippen molar-refractivity contribution in [2.24, 2.45) is 28.6 Å². The van der Waals surface area contributed by atoms with Crippen molar-refractivity contribution < 1.29 is 32.0 Å². The molecule has 1 heterocycles. The molecule has 1 saturated heterocycles. The molecule has 3 atom stereocenters. The SMILES string of the molecule is CC1(C)C2CCC1(CS(=O)(=O)O)C(=O)C2.COc1cc2c(cc1OC)C(=O)C(CC1CCN(Cc3ccccc3)CC1)C2. The number of hydrogen-bond acceptors (Lipinski definition) is 7. The summed E-state index contributed by atoms with van der Waals surface area (Å²) in [5, 5.41) is 0. The van der Waals surface area contributed by atoms with Gasteiger partial charge in [0, 0.05) is 24.4 Å². The molecule has 6 rings (SSSR count). The van der Waals surface area contributed by atoms with Crippen molar-refractivity contribution >= 4 is 21.7 Å². The second-order valence-corrected chi connectivity index (χ2v) is 14.9. The first-order valence-electron chi connectivity index (χ1n) is 15.4. The minimum absolute atomic E-state index is 0.0152. The van der Waals surface area contributed by atoms with Gasteiger partial charge < -0.3 is 9.47 Å². The summed E-state index contributed by atoms with van der Waals surface area (Å²) in [6, 6.07) is 14.5. The number of carbonyl (C=O) groups excluding carboxylic acids is 2. The number of fused-ring (bicyclic) bond motifs is 3. The summed E-state index contributed by atoms with van der Waals surface area (Å²) in [5.41, 5.74) is 2.19. The Kier molecular flexibility index (Phi) is 9.08. The summed E-state index contributed by atoms with van der Waals surface area (Å²) in [5.74, 6) is 2.28. The minimum atomic E-state index is -4.08. The van der Waals surface area contributed by atoms with E-state index in [2.05, 4.69) is 35.2 Å². The monoisotopic (exact) mass is 611 g/mol. The quantitative estimate of drug-likeness (QED) is 0.383. The Hall–Kier alpha value is -2.75. The molecule has 0 spiro atoms. The zero-order chi connectivity index (χ0) is 31.0. The van der Waals surface area contributed by atoms with E-state index in [1.165, 1.54) is 18.4 Å². The molecule has 0 amide bonds. The van der Waals surface area contributed by atoms with Crippen molar-refractivity contribution in [3.63, 3.8) is 0 Å². The highest BCUT2D eigenvalue weighted by molar-refractivity contribution is 7.85. The van der Waals surface area contributed by atoms with Gasteiger partial charge in [-0.3, -0.25) is 19.0 Å². The summed E-state index contributed by atoms with van der Waals surface area (Å²) >= 11 is 0. The zero-order valence-electron chi connectivity index (χ0n) is 25.8. The fraction of sp³-hybridized carbons (Fsp3) is 0.588. The first-order valence-corrected chi connectivity index (χ1v) is 17.0. The molecule has 8 nitrogen and oxygen atoms in total. The average molecular weight is 612 g/mol. The molecule has 3 unspecified atom stereocenters. The number of hydrogen-bond donors (Lipinski definition) is 1. The Labute approximate surface area is 255 Å². The van der Waals surface area contributed by atoms with Gasteiger partial charge in [0.05, 0.1) is 25.4 Å². The molecular formula is C34H45NO7S. The molecule has 3 aliphatic carbocycles. The van der Waals surface area contributed by atoms with Gasteiger partial charge in [0.2, 0.25) is 0 Å². The first kappa shape index (κ1) is 31.7. The van der Waals surface area contributed by atoms with Crippen molar-refractivity contribution in [3.05, 3.63) is 59.2 Å². The van der Waals surface area contributed by atoms with Crippen LogP contribution >= 0.6 is 0 Å². The van der Waals surface area contributed by atoms with E-state index < -0.39 is 21.3 Å². The highest BCUT2D eigenvalue weighted by Crippen LogP contribution is 2.64. The summed E-state index contributed by atoms with van der Waals surface area (Å²) < 4.78 is 41.7. The molecule has 3 fully saturated rings. The Morgan fingerprint density at radius 3 is 2.16 bits per heavy atom. The number of benzene rings is 2. The van der Waals surface area contributed by atoms with Gasteiger partial charge in [-0.15, -0.1) is 0 Å². The van der Waals surface area contributed by atoms with Gasteiger partial charge in [-0.25, -0.2) is 0 Å². The molecule has 234 valence electrons. The zero-order valence-corrected chi connectivity index (χ0v) is 26.6. The fourth-order valence-electron chi connectivity index (χ4n) is 8.13. The van der Waals surface area contributed by atoms with Crippen LogP contribution in [-0.2, 0) is 27.9 Å². The van der Waals surface area contributed by atoms with Crippen molar-refractivity contribution in [2.75, 3.05) is 33.1 Å². The van der Waals surface area contributed by atoms with Crippen LogP contribution in [-0.4, -0.2) is 62.5 Å². The lowest BCUT2D eigenvalue weighted by atomic mass is 9.70. The summed E-state index contributed by atoms with van der Waals surface area (Å²) in [6.45, 7) is 7.16. The number of carbonyl (C=O) groups is 2. The minimum Gasteiger partial charge on any atom is -0.493 e. The number of methoxy groups -OCH3 is 2. The Bertz CT molecular complexity index is 1450. The van der Waals surface area contributed by atoms with Crippen LogP contribution in [0.5, 0.6) is 11.5 Å². The second-order valence-electron chi connectivity index (χ2n) is 13.5. The first-order chi connectivity index (χ1) is 20.4. The van der Waals surface area contributed by atoms with E-state index in [9.17, 15) is 18.0 Å². The standard InChI is InChI=1S/C24H29NO3.C10H16O4S/c1-27-22-14-19-13-20(24(26)21(19)15-23(22)28-2)12-17-8-10-25(11-9-17)16-18-6-4-3-5-7-18;1-9(2)7-3-4-10(9,8(11)5-7)6-15(12,13)14/h3-7,14-15,17,20H,8-13,16H2,1-2H3;7H,3-6H2,1-2H3,(H,12,13,14). The lowest BCUT2D eigenvalue weighted by molar-refractivity contribution is -0.128. The molecule has 2 aromatic rings. The van der Waals surface area contributed by atoms with Gasteiger partial charge in [-0.1, -0.05) is 44.2 Å². The number of ketones is 2. The van der Waals surface area contributed by atoms with Crippen LogP contribution in [0.2, 0.25) is 0 Å².